The van der Waals surface area contributed by atoms with E-state index < -0.39 is 0 Å². The van der Waals surface area contributed by atoms with Crippen LogP contribution < -0.4 is 5.32 Å². The highest BCUT2D eigenvalue weighted by Gasteiger charge is 2.33. The molecule has 1 unspecified atom stereocenters. The lowest BCUT2D eigenvalue weighted by Crippen LogP contribution is -2.45. The van der Waals surface area contributed by atoms with Gasteiger partial charge in [-0.05, 0) is 25.3 Å². The third-order valence-electron chi connectivity index (χ3n) is 3.02. The van der Waals surface area contributed by atoms with E-state index in [4.69, 9.17) is 4.42 Å². The van der Waals surface area contributed by atoms with Crippen LogP contribution in [-0.2, 0) is 12.0 Å². The van der Waals surface area contributed by atoms with Gasteiger partial charge in [0.2, 0.25) is 0 Å². The van der Waals surface area contributed by atoms with Gasteiger partial charge in [-0.25, -0.2) is 0 Å². The molecule has 0 amide bonds. The van der Waals surface area contributed by atoms with E-state index in [1.807, 2.05) is 6.26 Å². The molecule has 1 atom stereocenters. The van der Waals surface area contributed by atoms with Crippen molar-refractivity contribution in [3.05, 3.63) is 23.7 Å². The highest BCUT2D eigenvalue weighted by atomic mass is 16.3. The Kier molecular flexibility index (Phi) is 2.40. The van der Waals surface area contributed by atoms with Crippen molar-refractivity contribution >= 4 is 0 Å². The fourth-order valence-corrected chi connectivity index (χ4v) is 2.57. The number of nitrogens with one attached hydrogen (secondary N) is 1. The third kappa shape index (κ3) is 1.59. The van der Waals surface area contributed by atoms with Gasteiger partial charge in [0.15, 0.2) is 0 Å². The maximum atomic E-state index is 5.49. The normalized spacial score (nSPS) is 26.6. The van der Waals surface area contributed by atoms with E-state index in [2.05, 4.69) is 32.2 Å². The lowest BCUT2D eigenvalue weighted by Gasteiger charge is -2.36. The van der Waals surface area contributed by atoms with Crippen LogP contribution in [0.2, 0.25) is 0 Å². The number of hydrogen-bond acceptors (Lipinski definition) is 2. The van der Waals surface area contributed by atoms with Gasteiger partial charge in [0.1, 0.15) is 5.76 Å². The highest BCUT2D eigenvalue weighted by molar-refractivity contribution is 5.29. The van der Waals surface area contributed by atoms with E-state index in [0.717, 1.165) is 13.0 Å². The summed E-state index contributed by atoms with van der Waals surface area (Å²) in [7, 11) is 0. The first-order valence-corrected chi connectivity index (χ1v) is 5.44. The SMILES string of the molecule is CC(C)CC1(C)NCCc2occc21. The van der Waals surface area contributed by atoms with Crippen molar-refractivity contribution in [2.24, 2.45) is 5.92 Å². The molecule has 2 heterocycles. The predicted molar refractivity (Wildman–Crippen MR) is 57.2 cm³/mol. The molecule has 0 aromatic carbocycles. The second kappa shape index (κ2) is 3.43. The van der Waals surface area contributed by atoms with E-state index in [1.54, 1.807) is 0 Å². The van der Waals surface area contributed by atoms with Gasteiger partial charge in [0.05, 0.1) is 6.26 Å². The highest BCUT2D eigenvalue weighted by Crippen LogP contribution is 2.34. The zero-order valence-electron chi connectivity index (χ0n) is 9.26. The van der Waals surface area contributed by atoms with Gasteiger partial charge in [-0.3, -0.25) is 0 Å². The van der Waals surface area contributed by atoms with E-state index in [-0.39, 0.29) is 5.54 Å². The molecule has 1 aliphatic heterocycles. The molecule has 2 heteroatoms. The molecule has 1 aliphatic rings. The molecule has 0 spiro atoms. The molecule has 1 N–H and O–H groups in total. The average molecular weight is 193 g/mol. The quantitative estimate of drug-likeness (QED) is 0.781. The molecule has 1 aromatic heterocycles. The van der Waals surface area contributed by atoms with Crippen molar-refractivity contribution in [1.29, 1.82) is 0 Å². The minimum Gasteiger partial charge on any atom is -0.469 e. The van der Waals surface area contributed by atoms with Crippen LogP contribution in [0.25, 0.3) is 0 Å². The van der Waals surface area contributed by atoms with E-state index in [1.165, 1.54) is 17.7 Å². The van der Waals surface area contributed by atoms with Crippen LogP contribution in [0.5, 0.6) is 0 Å². The summed E-state index contributed by atoms with van der Waals surface area (Å²) in [5.74, 6) is 1.88. The van der Waals surface area contributed by atoms with Crippen LogP contribution >= 0.6 is 0 Å². The predicted octanol–water partition coefficient (Wildman–Crippen LogP) is 2.69. The lowest BCUT2D eigenvalue weighted by molar-refractivity contribution is 0.272. The van der Waals surface area contributed by atoms with Crippen molar-refractivity contribution < 1.29 is 4.42 Å². The topological polar surface area (TPSA) is 25.2 Å². The van der Waals surface area contributed by atoms with E-state index in [0.29, 0.717) is 5.92 Å². The van der Waals surface area contributed by atoms with Gasteiger partial charge in [-0.2, -0.15) is 0 Å². The van der Waals surface area contributed by atoms with Crippen LogP contribution in [0.3, 0.4) is 0 Å². The zero-order valence-corrected chi connectivity index (χ0v) is 9.26. The maximum absolute atomic E-state index is 5.49. The molecule has 0 saturated carbocycles. The molecule has 2 nitrogen and oxygen atoms in total. The van der Waals surface area contributed by atoms with Crippen molar-refractivity contribution in [3.8, 4) is 0 Å². The minimum atomic E-state index is 0.120. The number of furan rings is 1. The Morgan fingerprint density at radius 3 is 3.07 bits per heavy atom. The van der Waals surface area contributed by atoms with Gasteiger partial charge in [-0.1, -0.05) is 13.8 Å². The maximum Gasteiger partial charge on any atom is 0.110 e. The number of rotatable bonds is 2. The van der Waals surface area contributed by atoms with Gasteiger partial charge < -0.3 is 9.73 Å². The van der Waals surface area contributed by atoms with Crippen molar-refractivity contribution in [2.45, 2.75) is 39.2 Å². The summed E-state index contributed by atoms with van der Waals surface area (Å²) in [4.78, 5) is 0. The monoisotopic (exact) mass is 193 g/mol. The first kappa shape index (κ1) is 9.78. The van der Waals surface area contributed by atoms with Crippen LogP contribution in [0.1, 0.15) is 38.5 Å². The van der Waals surface area contributed by atoms with Gasteiger partial charge in [0.25, 0.3) is 0 Å². The fourth-order valence-electron chi connectivity index (χ4n) is 2.57. The summed E-state index contributed by atoms with van der Waals surface area (Å²) in [5, 5.41) is 3.61. The molecule has 78 valence electrons. The first-order valence-electron chi connectivity index (χ1n) is 5.44. The van der Waals surface area contributed by atoms with Gasteiger partial charge in [0, 0.05) is 24.1 Å². The largest absolute Gasteiger partial charge is 0.469 e. The van der Waals surface area contributed by atoms with Crippen LogP contribution in [-0.4, -0.2) is 6.54 Å². The number of hydrogen-bond donors (Lipinski definition) is 1. The summed E-state index contributed by atoms with van der Waals surface area (Å²) in [5.41, 5.74) is 1.48. The first-order chi connectivity index (χ1) is 6.62. The molecule has 0 radical (unpaired) electrons. The molecule has 0 aliphatic carbocycles. The summed E-state index contributed by atoms with van der Waals surface area (Å²) < 4.78 is 5.49. The molecular weight excluding hydrogens is 174 g/mol. The summed E-state index contributed by atoms with van der Waals surface area (Å²) in [6, 6.07) is 2.11. The van der Waals surface area contributed by atoms with Crippen molar-refractivity contribution in [3.63, 3.8) is 0 Å². The van der Waals surface area contributed by atoms with Crippen LogP contribution in [0.4, 0.5) is 0 Å². The second-order valence-corrected chi connectivity index (χ2v) is 4.86. The Morgan fingerprint density at radius 2 is 2.36 bits per heavy atom. The summed E-state index contributed by atoms with van der Waals surface area (Å²) >= 11 is 0. The van der Waals surface area contributed by atoms with Crippen molar-refractivity contribution in [1.82, 2.24) is 5.32 Å². The van der Waals surface area contributed by atoms with Crippen LogP contribution in [0, 0.1) is 5.92 Å². The fraction of sp³-hybridized carbons (Fsp3) is 0.667. The Morgan fingerprint density at radius 1 is 1.57 bits per heavy atom. The van der Waals surface area contributed by atoms with Gasteiger partial charge >= 0.3 is 0 Å². The molecule has 0 bridgehead atoms. The Hall–Kier alpha value is -0.760. The van der Waals surface area contributed by atoms with Gasteiger partial charge in [-0.15, -0.1) is 0 Å². The van der Waals surface area contributed by atoms with Crippen LogP contribution in [0.15, 0.2) is 16.7 Å². The van der Waals surface area contributed by atoms with E-state index >= 15 is 0 Å². The van der Waals surface area contributed by atoms with Crippen molar-refractivity contribution in [2.75, 3.05) is 6.54 Å². The minimum absolute atomic E-state index is 0.120. The molecule has 0 saturated heterocycles. The summed E-state index contributed by atoms with van der Waals surface area (Å²) in [6.07, 6.45) is 4.01. The average Bonchev–Trinajstić information content (AvgIpc) is 2.51. The standard InChI is InChI=1S/C12H19NO/c1-9(2)8-12(3)10-5-7-14-11(10)4-6-13-12/h5,7,9,13H,4,6,8H2,1-3H3. The molecular formula is C12H19NO. The lowest BCUT2D eigenvalue weighted by atomic mass is 9.81. The Bertz CT molecular complexity index is 316. The third-order valence-corrected chi connectivity index (χ3v) is 3.02. The molecule has 14 heavy (non-hydrogen) atoms. The molecule has 1 aromatic rings. The zero-order chi connectivity index (χ0) is 10.2. The second-order valence-electron chi connectivity index (χ2n) is 4.86. The molecule has 2 rings (SSSR count). The number of fused-ring (bicyclic) bond motifs is 1. The smallest absolute Gasteiger partial charge is 0.110 e. The summed E-state index contributed by atoms with van der Waals surface area (Å²) in [6.45, 7) is 7.84. The van der Waals surface area contributed by atoms with E-state index in [9.17, 15) is 0 Å². The Labute approximate surface area is 85.7 Å². The molecule has 0 fully saturated rings. The Balaban J connectivity index is 2.30.